The van der Waals surface area contributed by atoms with E-state index in [1.807, 2.05) is 4.68 Å². The van der Waals surface area contributed by atoms with Crippen molar-refractivity contribution in [3.05, 3.63) is 41.1 Å². The van der Waals surface area contributed by atoms with Crippen LogP contribution in [0.25, 0.3) is 0 Å². The molecule has 0 amide bonds. The topological polar surface area (TPSA) is 55.9 Å². The van der Waals surface area contributed by atoms with Crippen molar-refractivity contribution in [2.45, 2.75) is 26.3 Å². The van der Waals surface area contributed by atoms with Crippen LogP contribution in [0.15, 0.2) is 24.4 Å². The molecular formula is C14H18N4. The molecule has 2 heterocycles. The lowest BCUT2D eigenvalue weighted by atomic mass is 9.98. The highest BCUT2D eigenvalue weighted by atomic mass is 15.4. The summed E-state index contributed by atoms with van der Waals surface area (Å²) in [5.74, 6) is 0.949. The lowest BCUT2D eigenvalue weighted by Crippen LogP contribution is -2.24. The summed E-state index contributed by atoms with van der Waals surface area (Å²) in [4.78, 5) is 0. The Labute approximate surface area is 107 Å². The summed E-state index contributed by atoms with van der Waals surface area (Å²) in [5, 5.41) is 7.72. The van der Waals surface area contributed by atoms with E-state index in [0.717, 1.165) is 24.5 Å². The number of nitrogens with two attached hydrogens (primary N) is 1. The number of nitrogen functional groups attached to an aromatic ring is 1. The van der Waals surface area contributed by atoms with Gasteiger partial charge in [0.2, 0.25) is 0 Å². The number of nitrogens with one attached hydrogen (secondary N) is 1. The van der Waals surface area contributed by atoms with Gasteiger partial charge in [-0.1, -0.05) is 29.3 Å². The van der Waals surface area contributed by atoms with Crippen molar-refractivity contribution in [3.8, 4) is 0 Å². The van der Waals surface area contributed by atoms with Crippen LogP contribution in [-0.2, 0) is 0 Å². The van der Waals surface area contributed by atoms with Gasteiger partial charge in [-0.2, -0.15) is 5.10 Å². The number of benzene rings is 1. The minimum atomic E-state index is 0.289. The first-order chi connectivity index (χ1) is 8.65. The van der Waals surface area contributed by atoms with Crippen LogP contribution in [0.1, 0.15) is 29.2 Å². The molecule has 1 aromatic heterocycles. The van der Waals surface area contributed by atoms with Crippen LogP contribution in [0, 0.1) is 13.8 Å². The molecule has 0 bridgehead atoms. The van der Waals surface area contributed by atoms with Gasteiger partial charge in [0.05, 0.1) is 17.9 Å². The van der Waals surface area contributed by atoms with Crippen molar-refractivity contribution < 1.29 is 0 Å². The van der Waals surface area contributed by atoms with E-state index in [0.29, 0.717) is 0 Å². The van der Waals surface area contributed by atoms with E-state index in [2.05, 4.69) is 42.5 Å². The average Bonchev–Trinajstić information content (AvgIpc) is 2.70. The lowest BCUT2D eigenvalue weighted by Gasteiger charge is -2.26. The highest BCUT2D eigenvalue weighted by Gasteiger charge is 2.23. The van der Waals surface area contributed by atoms with E-state index in [4.69, 9.17) is 5.73 Å². The van der Waals surface area contributed by atoms with Gasteiger partial charge < -0.3 is 11.1 Å². The Morgan fingerprint density at radius 2 is 2.00 bits per heavy atom. The van der Waals surface area contributed by atoms with Crippen molar-refractivity contribution in [1.82, 2.24) is 9.78 Å². The van der Waals surface area contributed by atoms with Gasteiger partial charge >= 0.3 is 0 Å². The van der Waals surface area contributed by atoms with E-state index in [1.54, 1.807) is 6.20 Å². The number of rotatable bonds is 1. The Morgan fingerprint density at radius 1 is 1.28 bits per heavy atom. The fraction of sp³-hybridized carbons (Fsp3) is 0.357. The second-order valence-electron chi connectivity index (χ2n) is 5.05. The van der Waals surface area contributed by atoms with Crippen LogP contribution < -0.4 is 11.1 Å². The lowest BCUT2D eigenvalue weighted by molar-refractivity contribution is 0.482. The zero-order valence-corrected chi connectivity index (χ0v) is 10.8. The van der Waals surface area contributed by atoms with E-state index in [9.17, 15) is 0 Å². The van der Waals surface area contributed by atoms with E-state index >= 15 is 0 Å². The highest BCUT2D eigenvalue weighted by Crippen LogP contribution is 2.32. The number of nitrogens with zero attached hydrogens (tertiary/aromatic N) is 2. The number of hydrogen-bond acceptors (Lipinski definition) is 3. The molecule has 0 spiro atoms. The number of hydrogen-bond donors (Lipinski definition) is 2. The molecule has 1 aliphatic heterocycles. The molecule has 3 rings (SSSR count). The zero-order chi connectivity index (χ0) is 12.7. The first-order valence-electron chi connectivity index (χ1n) is 6.30. The standard InChI is InChI=1S/C14H18N4/c1-9-5-10(2)7-11(6-9)13-3-4-16-14-12(15)8-17-18(13)14/h5-8,13,16H,3-4,15H2,1-2H3. The zero-order valence-electron chi connectivity index (χ0n) is 10.8. The minimum Gasteiger partial charge on any atom is -0.394 e. The van der Waals surface area contributed by atoms with Crippen molar-refractivity contribution in [2.75, 3.05) is 17.6 Å². The van der Waals surface area contributed by atoms with Crippen LogP contribution in [-0.4, -0.2) is 16.3 Å². The largest absolute Gasteiger partial charge is 0.394 e. The molecule has 4 nitrogen and oxygen atoms in total. The third-order valence-corrected chi connectivity index (χ3v) is 3.46. The van der Waals surface area contributed by atoms with Crippen molar-refractivity contribution in [1.29, 1.82) is 0 Å². The molecule has 94 valence electrons. The Balaban J connectivity index is 2.08. The summed E-state index contributed by atoms with van der Waals surface area (Å²) in [5.41, 5.74) is 10.6. The van der Waals surface area contributed by atoms with Crippen LogP contribution >= 0.6 is 0 Å². The maximum atomic E-state index is 5.92. The molecule has 1 unspecified atom stereocenters. The molecule has 1 atom stereocenters. The van der Waals surface area contributed by atoms with Crippen molar-refractivity contribution in [2.24, 2.45) is 0 Å². The second kappa shape index (κ2) is 4.05. The highest BCUT2D eigenvalue weighted by molar-refractivity contribution is 5.62. The van der Waals surface area contributed by atoms with E-state index < -0.39 is 0 Å². The van der Waals surface area contributed by atoms with Crippen LogP contribution in [0.5, 0.6) is 0 Å². The summed E-state index contributed by atoms with van der Waals surface area (Å²) in [6.45, 7) is 5.21. The molecular weight excluding hydrogens is 224 g/mol. The quantitative estimate of drug-likeness (QED) is 0.807. The molecule has 1 aliphatic rings. The molecule has 2 aromatic rings. The van der Waals surface area contributed by atoms with Gasteiger partial charge in [-0.25, -0.2) is 4.68 Å². The monoisotopic (exact) mass is 242 g/mol. The molecule has 0 radical (unpaired) electrons. The Hall–Kier alpha value is -1.97. The maximum absolute atomic E-state index is 5.92. The fourth-order valence-corrected chi connectivity index (χ4v) is 2.75. The van der Waals surface area contributed by atoms with Gasteiger partial charge in [0, 0.05) is 6.54 Å². The molecule has 4 heteroatoms. The van der Waals surface area contributed by atoms with Gasteiger partial charge in [-0.3, -0.25) is 0 Å². The van der Waals surface area contributed by atoms with Crippen molar-refractivity contribution >= 4 is 11.5 Å². The predicted octanol–water partition coefficient (Wildman–Crippen LogP) is 2.49. The van der Waals surface area contributed by atoms with E-state index in [-0.39, 0.29) is 6.04 Å². The predicted molar refractivity (Wildman–Crippen MR) is 73.8 cm³/mol. The third-order valence-electron chi connectivity index (χ3n) is 3.46. The van der Waals surface area contributed by atoms with Gasteiger partial charge in [-0.05, 0) is 25.8 Å². The molecule has 3 N–H and O–H groups in total. The van der Waals surface area contributed by atoms with Crippen molar-refractivity contribution in [3.63, 3.8) is 0 Å². The average molecular weight is 242 g/mol. The summed E-state index contributed by atoms with van der Waals surface area (Å²) in [6.07, 6.45) is 2.76. The summed E-state index contributed by atoms with van der Waals surface area (Å²) in [7, 11) is 0. The Morgan fingerprint density at radius 3 is 2.72 bits per heavy atom. The molecule has 0 saturated heterocycles. The first kappa shape index (κ1) is 11.1. The van der Waals surface area contributed by atoms with Crippen LogP contribution in [0.4, 0.5) is 11.5 Å². The summed E-state index contributed by atoms with van der Waals surface area (Å²) in [6, 6.07) is 6.97. The van der Waals surface area contributed by atoms with E-state index in [1.165, 1.54) is 16.7 Å². The van der Waals surface area contributed by atoms with Crippen LogP contribution in [0.3, 0.4) is 0 Å². The smallest absolute Gasteiger partial charge is 0.148 e. The van der Waals surface area contributed by atoms with Gasteiger partial charge in [-0.15, -0.1) is 0 Å². The van der Waals surface area contributed by atoms with Gasteiger partial charge in [0.15, 0.2) is 0 Å². The van der Waals surface area contributed by atoms with Crippen LogP contribution in [0.2, 0.25) is 0 Å². The maximum Gasteiger partial charge on any atom is 0.148 e. The van der Waals surface area contributed by atoms with Gasteiger partial charge in [0.1, 0.15) is 5.82 Å². The third kappa shape index (κ3) is 1.74. The Bertz CT molecular complexity index is 565. The number of anilines is 2. The SMILES string of the molecule is Cc1cc(C)cc(C2CCNc3c(N)cnn32)c1. The molecule has 0 saturated carbocycles. The Kier molecular flexibility index (Phi) is 2.51. The molecule has 0 fully saturated rings. The summed E-state index contributed by atoms with van der Waals surface area (Å²) < 4.78 is 2.01. The molecule has 0 aliphatic carbocycles. The first-order valence-corrected chi connectivity index (χ1v) is 6.30. The second-order valence-corrected chi connectivity index (χ2v) is 5.05. The van der Waals surface area contributed by atoms with Gasteiger partial charge in [0.25, 0.3) is 0 Å². The fourth-order valence-electron chi connectivity index (χ4n) is 2.75. The molecule has 18 heavy (non-hydrogen) atoms. The minimum absolute atomic E-state index is 0.289. The normalized spacial score (nSPS) is 18.2. The molecule has 1 aromatic carbocycles. The number of aromatic nitrogens is 2. The number of fused-ring (bicyclic) bond motifs is 1. The summed E-state index contributed by atoms with van der Waals surface area (Å²) >= 11 is 0. The number of aryl methyl sites for hydroxylation is 2.